The molecule has 1 aliphatic heterocycles. The van der Waals surface area contributed by atoms with Gasteiger partial charge in [-0.3, -0.25) is 4.79 Å². The van der Waals surface area contributed by atoms with Crippen LogP contribution in [-0.4, -0.2) is 21.8 Å². The third-order valence-corrected chi connectivity index (χ3v) is 4.70. The Morgan fingerprint density at radius 1 is 1.07 bits per heavy atom. The summed E-state index contributed by atoms with van der Waals surface area (Å²) in [6, 6.07) is 11.9. The molecular weight excluding hydrogens is 381 g/mol. The third-order valence-electron chi connectivity index (χ3n) is 4.70. The Hall–Kier alpha value is -3.42. The van der Waals surface area contributed by atoms with Gasteiger partial charge >= 0.3 is 6.18 Å². The Kier molecular flexibility index (Phi) is 4.70. The number of carbonyl (C=O) groups excluding carboxylic acids is 1. The van der Waals surface area contributed by atoms with Crippen LogP contribution in [0.2, 0.25) is 0 Å². The molecule has 0 fully saturated rings. The maximum absolute atomic E-state index is 13.5. The number of para-hydroxylation sites is 1. The van der Waals surface area contributed by atoms with Gasteiger partial charge in [0.25, 0.3) is 0 Å². The van der Waals surface area contributed by atoms with Crippen LogP contribution in [0.3, 0.4) is 0 Å². The Labute approximate surface area is 164 Å². The molecule has 148 valence electrons. The van der Waals surface area contributed by atoms with Crippen molar-refractivity contribution in [1.29, 1.82) is 0 Å². The molecule has 0 saturated heterocycles. The summed E-state index contributed by atoms with van der Waals surface area (Å²) >= 11 is 0. The molecular formula is C21H17F3N4O. The minimum atomic E-state index is -4.53. The monoisotopic (exact) mass is 398 g/mol. The summed E-state index contributed by atoms with van der Waals surface area (Å²) in [5.41, 5.74) is -0.417. The second-order valence-corrected chi connectivity index (χ2v) is 6.65. The zero-order valence-electron chi connectivity index (χ0n) is 15.4. The summed E-state index contributed by atoms with van der Waals surface area (Å²) in [5.74, 6) is 0.679. The van der Waals surface area contributed by atoms with E-state index in [0.29, 0.717) is 29.0 Å². The summed E-state index contributed by atoms with van der Waals surface area (Å²) in [6.45, 7) is 1.89. The van der Waals surface area contributed by atoms with Crippen molar-refractivity contribution in [2.24, 2.45) is 0 Å². The van der Waals surface area contributed by atoms with Gasteiger partial charge in [-0.2, -0.15) is 13.2 Å². The molecule has 1 unspecified atom stereocenters. The minimum Gasteiger partial charge on any atom is -0.361 e. The first kappa shape index (κ1) is 18.9. The van der Waals surface area contributed by atoms with E-state index in [9.17, 15) is 18.0 Å². The number of nitrogens with one attached hydrogen (secondary N) is 2. The molecule has 1 aromatic heterocycles. The normalized spacial score (nSPS) is 16.6. The molecule has 2 aromatic carbocycles. The highest BCUT2D eigenvalue weighted by Gasteiger charge is 2.34. The van der Waals surface area contributed by atoms with E-state index in [0.717, 1.165) is 6.07 Å². The topological polar surface area (TPSA) is 66.9 Å². The maximum Gasteiger partial charge on any atom is 0.417 e. The lowest BCUT2D eigenvalue weighted by Gasteiger charge is -2.16. The SMILES string of the molecule is CCC1NC(Nc2nc(-c3ccccc3C(F)(F)F)nc3ccccc23)=CC1=O. The first-order valence-electron chi connectivity index (χ1n) is 9.09. The third kappa shape index (κ3) is 3.65. The first-order valence-corrected chi connectivity index (χ1v) is 9.09. The van der Waals surface area contributed by atoms with Crippen LogP contribution >= 0.6 is 0 Å². The summed E-state index contributed by atoms with van der Waals surface area (Å²) < 4.78 is 40.4. The van der Waals surface area contributed by atoms with Crippen LogP contribution in [0, 0.1) is 0 Å². The van der Waals surface area contributed by atoms with E-state index in [1.54, 1.807) is 24.3 Å². The fourth-order valence-electron chi connectivity index (χ4n) is 3.26. The predicted octanol–water partition coefficient (Wildman–Crippen LogP) is 4.52. The number of carbonyl (C=O) groups is 1. The van der Waals surface area contributed by atoms with Crippen LogP contribution < -0.4 is 10.6 Å². The van der Waals surface area contributed by atoms with E-state index in [1.165, 1.54) is 24.3 Å². The number of ketones is 1. The van der Waals surface area contributed by atoms with E-state index in [2.05, 4.69) is 20.6 Å². The molecule has 8 heteroatoms. The number of halogens is 3. The van der Waals surface area contributed by atoms with Crippen molar-refractivity contribution in [3.63, 3.8) is 0 Å². The molecule has 0 aliphatic carbocycles. The van der Waals surface area contributed by atoms with Crippen molar-refractivity contribution >= 4 is 22.5 Å². The number of nitrogens with zero attached hydrogens (tertiary/aromatic N) is 2. The molecule has 29 heavy (non-hydrogen) atoms. The molecule has 0 bridgehead atoms. The molecule has 4 rings (SSSR count). The smallest absolute Gasteiger partial charge is 0.361 e. The zero-order chi connectivity index (χ0) is 20.6. The predicted molar refractivity (Wildman–Crippen MR) is 104 cm³/mol. The van der Waals surface area contributed by atoms with Gasteiger partial charge < -0.3 is 10.6 Å². The van der Waals surface area contributed by atoms with Crippen molar-refractivity contribution in [3.8, 4) is 11.4 Å². The summed E-state index contributed by atoms with van der Waals surface area (Å²) in [5, 5.41) is 6.74. The van der Waals surface area contributed by atoms with Gasteiger partial charge in [-0.25, -0.2) is 9.97 Å². The number of hydrogen-bond donors (Lipinski definition) is 2. The first-order chi connectivity index (χ1) is 13.9. The molecule has 2 N–H and O–H groups in total. The van der Waals surface area contributed by atoms with Gasteiger partial charge in [0.05, 0.1) is 17.1 Å². The van der Waals surface area contributed by atoms with E-state index < -0.39 is 11.7 Å². The fraction of sp³-hybridized carbons (Fsp3) is 0.190. The number of alkyl halides is 3. The zero-order valence-corrected chi connectivity index (χ0v) is 15.4. The maximum atomic E-state index is 13.5. The lowest BCUT2D eigenvalue weighted by molar-refractivity contribution is -0.137. The fourth-order valence-corrected chi connectivity index (χ4v) is 3.26. The number of rotatable bonds is 4. The van der Waals surface area contributed by atoms with Crippen molar-refractivity contribution in [1.82, 2.24) is 15.3 Å². The van der Waals surface area contributed by atoms with Gasteiger partial charge in [0.1, 0.15) is 11.6 Å². The number of anilines is 1. The van der Waals surface area contributed by atoms with Gasteiger partial charge in [-0.05, 0) is 24.6 Å². The van der Waals surface area contributed by atoms with Crippen molar-refractivity contribution in [2.45, 2.75) is 25.6 Å². The minimum absolute atomic E-state index is 0.0453. The molecule has 3 aromatic rings. The molecule has 2 heterocycles. The molecule has 0 saturated carbocycles. The van der Waals surface area contributed by atoms with Crippen LogP contribution in [-0.2, 0) is 11.0 Å². The van der Waals surface area contributed by atoms with Crippen LogP contribution in [0.1, 0.15) is 18.9 Å². The van der Waals surface area contributed by atoms with Crippen LogP contribution in [0.4, 0.5) is 19.0 Å². The number of hydrogen-bond acceptors (Lipinski definition) is 5. The van der Waals surface area contributed by atoms with Crippen molar-refractivity contribution in [2.75, 3.05) is 5.32 Å². The summed E-state index contributed by atoms with van der Waals surface area (Å²) in [7, 11) is 0. The van der Waals surface area contributed by atoms with Gasteiger partial charge in [-0.1, -0.05) is 37.3 Å². The highest BCUT2D eigenvalue weighted by Crippen LogP contribution is 2.37. The second-order valence-electron chi connectivity index (χ2n) is 6.65. The Morgan fingerprint density at radius 2 is 1.79 bits per heavy atom. The average molecular weight is 398 g/mol. The lowest BCUT2D eigenvalue weighted by Crippen LogP contribution is -2.29. The van der Waals surface area contributed by atoms with Crippen molar-refractivity contribution in [3.05, 3.63) is 66.0 Å². The largest absolute Gasteiger partial charge is 0.417 e. The highest BCUT2D eigenvalue weighted by atomic mass is 19.4. The second kappa shape index (κ2) is 7.20. The van der Waals surface area contributed by atoms with E-state index in [4.69, 9.17) is 0 Å². The number of benzene rings is 2. The Balaban J connectivity index is 1.83. The lowest BCUT2D eigenvalue weighted by atomic mass is 10.1. The van der Waals surface area contributed by atoms with E-state index in [1.807, 2.05) is 6.92 Å². The summed E-state index contributed by atoms with van der Waals surface area (Å²) in [4.78, 5) is 20.7. The standard InChI is InChI=1S/C21H17F3N4O/c1-2-15-17(29)11-18(25-15)27-20-13-8-4-6-10-16(13)26-19(28-20)12-7-3-5-9-14(12)21(22,23)24/h3-11,15,25H,2H2,1H3,(H,26,27,28). The molecule has 0 spiro atoms. The average Bonchev–Trinajstić information content (AvgIpc) is 3.06. The quantitative estimate of drug-likeness (QED) is 0.677. The Morgan fingerprint density at radius 3 is 2.52 bits per heavy atom. The molecule has 0 amide bonds. The molecule has 1 aliphatic rings. The summed E-state index contributed by atoms with van der Waals surface area (Å²) in [6.07, 6.45) is -2.47. The van der Waals surface area contributed by atoms with Crippen molar-refractivity contribution < 1.29 is 18.0 Å². The molecule has 0 radical (unpaired) electrons. The van der Waals surface area contributed by atoms with Crippen LogP contribution in [0.25, 0.3) is 22.3 Å². The van der Waals surface area contributed by atoms with E-state index >= 15 is 0 Å². The van der Waals surface area contributed by atoms with Gasteiger partial charge in [0.15, 0.2) is 11.6 Å². The molecule has 1 atom stereocenters. The number of fused-ring (bicyclic) bond motifs is 1. The highest BCUT2D eigenvalue weighted by molar-refractivity contribution is 5.99. The molecule has 5 nitrogen and oxygen atoms in total. The van der Waals surface area contributed by atoms with Gasteiger partial charge in [-0.15, -0.1) is 0 Å². The number of aromatic nitrogens is 2. The van der Waals surface area contributed by atoms with Crippen LogP contribution in [0.5, 0.6) is 0 Å². The Bertz CT molecular complexity index is 1120. The van der Waals surface area contributed by atoms with Gasteiger partial charge in [0.2, 0.25) is 0 Å². The van der Waals surface area contributed by atoms with Gasteiger partial charge in [0, 0.05) is 17.0 Å². The van der Waals surface area contributed by atoms with Crippen LogP contribution in [0.15, 0.2) is 60.4 Å². The van der Waals surface area contributed by atoms with E-state index in [-0.39, 0.29) is 23.2 Å².